The fourth-order valence-electron chi connectivity index (χ4n) is 1.46. The van der Waals surface area contributed by atoms with Gasteiger partial charge in [0.15, 0.2) is 11.5 Å². The van der Waals surface area contributed by atoms with Gasteiger partial charge in [0.05, 0.1) is 31.4 Å². The van der Waals surface area contributed by atoms with Crippen molar-refractivity contribution >= 4 is 31.4 Å². The van der Waals surface area contributed by atoms with E-state index >= 15 is 0 Å². The van der Waals surface area contributed by atoms with Crippen molar-refractivity contribution in [2.24, 2.45) is 5.73 Å². The Morgan fingerprint density at radius 2 is 1.61 bits per heavy atom. The van der Waals surface area contributed by atoms with Crippen LogP contribution in [0.4, 0.5) is 8.78 Å². The minimum Gasteiger partial charge on any atom is -0.395 e. The summed E-state index contributed by atoms with van der Waals surface area (Å²) in [6.07, 6.45) is -3.72. The van der Waals surface area contributed by atoms with Gasteiger partial charge in [-0.15, -0.1) is 8.78 Å². The van der Waals surface area contributed by atoms with Crippen molar-refractivity contribution in [2.45, 2.75) is 16.8 Å². The lowest BCUT2D eigenvalue weighted by atomic mass is 9.32. The highest BCUT2D eigenvalue weighted by molar-refractivity contribution is 6.54. The highest BCUT2D eigenvalue weighted by atomic mass is 19.3. The summed E-state index contributed by atoms with van der Waals surface area (Å²) in [6.45, 7) is 0. The number of rotatable bonds is 2. The first kappa shape index (κ1) is 13.3. The average Bonchev–Trinajstić information content (AvgIpc) is 2.48. The Labute approximate surface area is 108 Å². The van der Waals surface area contributed by atoms with Crippen LogP contribution in [-0.4, -0.2) is 43.0 Å². The van der Waals surface area contributed by atoms with Crippen molar-refractivity contribution in [3.05, 3.63) is 23.8 Å². The third-order valence-corrected chi connectivity index (χ3v) is 2.60. The van der Waals surface area contributed by atoms with Crippen LogP contribution in [0.25, 0.3) is 0 Å². The Bertz CT molecular complexity index is 490. The second kappa shape index (κ2) is 3.70. The highest BCUT2D eigenvalue weighted by Gasteiger charge is 2.44. The molecule has 18 heavy (non-hydrogen) atoms. The van der Waals surface area contributed by atoms with Crippen LogP contribution in [0.2, 0.25) is 0 Å². The summed E-state index contributed by atoms with van der Waals surface area (Å²) < 4.78 is 34.1. The predicted octanol–water partition coefficient (Wildman–Crippen LogP) is -0.553. The van der Waals surface area contributed by atoms with Crippen LogP contribution >= 0.6 is 0 Å². The van der Waals surface area contributed by atoms with Crippen molar-refractivity contribution in [3.8, 4) is 11.5 Å². The lowest BCUT2D eigenvalue weighted by Crippen LogP contribution is -2.60. The molecule has 0 unspecified atom stereocenters. The maximum absolute atomic E-state index is 12.8. The fraction of sp³-hybridized carbons (Fsp3) is 0.333. The van der Waals surface area contributed by atoms with Crippen LogP contribution in [0.5, 0.6) is 11.5 Å². The highest BCUT2D eigenvalue weighted by Crippen LogP contribution is 2.42. The third-order valence-electron chi connectivity index (χ3n) is 2.60. The maximum atomic E-state index is 12.8. The Hall–Kier alpha value is -1.10. The van der Waals surface area contributed by atoms with Gasteiger partial charge in [0.1, 0.15) is 0 Å². The van der Waals surface area contributed by atoms with Gasteiger partial charge >= 0.3 is 6.29 Å². The fourth-order valence-corrected chi connectivity index (χ4v) is 1.46. The molecule has 1 aromatic carbocycles. The molecule has 0 amide bonds. The molecule has 0 aromatic heterocycles. The summed E-state index contributed by atoms with van der Waals surface area (Å²) >= 11 is 0. The number of hydrogen-bond acceptors (Lipinski definition) is 3. The molecule has 1 heterocycles. The molecule has 0 saturated heterocycles. The van der Waals surface area contributed by atoms with Gasteiger partial charge < -0.3 is 15.2 Å². The van der Waals surface area contributed by atoms with Gasteiger partial charge in [0.2, 0.25) is 0 Å². The molecule has 0 aliphatic carbocycles. The molecule has 9 heteroatoms. The molecule has 1 aliphatic heterocycles. The number of fused-ring (bicyclic) bond motifs is 1. The first-order chi connectivity index (χ1) is 8.03. The Balaban J connectivity index is 2.41. The van der Waals surface area contributed by atoms with E-state index in [0.717, 1.165) is 6.07 Å². The van der Waals surface area contributed by atoms with E-state index in [1.807, 2.05) is 0 Å². The monoisotopic (exact) mass is 241 g/mol. The molecule has 84 valence electrons. The molecule has 8 radical (unpaired) electrons. The first-order valence-corrected chi connectivity index (χ1v) is 4.88. The molecular formula is C9H5B4F2NO2. The molecular weight excluding hydrogens is 235 g/mol. The SMILES string of the molecule is [B]C([B])(N)C([B])([B])c1ccc2c(c1)OC(F)(F)O2. The van der Waals surface area contributed by atoms with Crippen LogP contribution in [-0.2, 0) is 5.21 Å². The largest absolute Gasteiger partial charge is 0.586 e. The molecule has 1 aliphatic rings. The maximum Gasteiger partial charge on any atom is 0.586 e. The van der Waals surface area contributed by atoms with E-state index in [2.05, 4.69) is 9.47 Å². The number of alkyl halides is 2. The van der Waals surface area contributed by atoms with E-state index in [1.54, 1.807) is 0 Å². The predicted molar refractivity (Wildman–Crippen MR) is 64.3 cm³/mol. The van der Waals surface area contributed by atoms with Crippen molar-refractivity contribution in [1.82, 2.24) is 0 Å². The molecule has 0 atom stereocenters. The summed E-state index contributed by atoms with van der Waals surface area (Å²) in [6, 6.07) is 3.69. The van der Waals surface area contributed by atoms with Gasteiger partial charge in [-0.1, -0.05) is 22.2 Å². The second-order valence-corrected chi connectivity index (χ2v) is 4.13. The topological polar surface area (TPSA) is 44.5 Å². The summed E-state index contributed by atoms with van der Waals surface area (Å²) in [5, 5.41) is -3.77. The van der Waals surface area contributed by atoms with Gasteiger partial charge in [-0.3, -0.25) is 0 Å². The zero-order chi connectivity index (χ0) is 13.8. The van der Waals surface area contributed by atoms with E-state index in [0.29, 0.717) is 0 Å². The molecule has 0 fully saturated rings. The van der Waals surface area contributed by atoms with Crippen molar-refractivity contribution < 1.29 is 18.3 Å². The van der Waals surface area contributed by atoms with E-state index in [1.165, 1.54) is 12.1 Å². The summed E-state index contributed by atoms with van der Waals surface area (Å²) in [5.41, 5.74) is 5.56. The first-order valence-electron chi connectivity index (χ1n) is 4.88. The number of nitrogens with two attached hydrogens (primary N) is 1. The third kappa shape index (κ3) is 2.11. The lowest BCUT2D eigenvalue weighted by Gasteiger charge is -2.41. The average molecular weight is 240 g/mol. The number of ether oxygens (including phenoxy) is 2. The molecule has 3 nitrogen and oxygen atoms in total. The zero-order valence-corrected chi connectivity index (χ0v) is 9.19. The minimum absolute atomic E-state index is 0.134. The van der Waals surface area contributed by atoms with Gasteiger partial charge in [-0.2, -0.15) is 0 Å². The summed E-state index contributed by atoms with van der Waals surface area (Å²) in [5.74, 6) is -0.363. The zero-order valence-electron chi connectivity index (χ0n) is 9.19. The molecule has 0 bridgehead atoms. The van der Waals surface area contributed by atoms with Gasteiger partial charge in [0, 0.05) is 0 Å². The Morgan fingerprint density at radius 1 is 1.06 bits per heavy atom. The molecule has 2 rings (SSSR count). The normalized spacial score (nSPS) is 17.7. The second-order valence-electron chi connectivity index (χ2n) is 4.13. The smallest absolute Gasteiger partial charge is 0.395 e. The van der Waals surface area contributed by atoms with Crippen molar-refractivity contribution in [3.63, 3.8) is 0 Å². The van der Waals surface area contributed by atoms with Crippen LogP contribution in [0.3, 0.4) is 0 Å². The van der Waals surface area contributed by atoms with Crippen molar-refractivity contribution in [1.29, 1.82) is 0 Å². The summed E-state index contributed by atoms with van der Waals surface area (Å²) in [4.78, 5) is 0. The summed E-state index contributed by atoms with van der Waals surface area (Å²) in [7, 11) is 22.2. The van der Waals surface area contributed by atoms with Crippen LogP contribution in [0.15, 0.2) is 18.2 Å². The number of benzene rings is 1. The van der Waals surface area contributed by atoms with Crippen LogP contribution in [0.1, 0.15) is 5.56 Å². The molecule has 0 saturated carbocycles. The van der Waals surface area contributed by atoms with E-state index in [-0.39, 0.29) is 17.1 Å². The molecule has 1 aromatic rings. The number of halogens is 2. The van der Waals surface area contributed by atoms with Gasteiger partial charge in [0.25, 0.3) is 0 Å². The minimum atomic E-state index is -3.72. The van der Waals surface area contributed by atoms with E-state index in [9.17, 15) is 8.78 Å². The van der Waals surface area contributed by atoms with Gasteiger partial charge in [-0.25, -0.2) is 0 Å². The molecule has 0 spiro atoms. The van der Waals surface area contributed by atoms with Crippen LogP contribution in [0, 0.1) is 0 Å². The van der Waals surface area contributed by atoms with Crippen molar-refractivity contribution in [2.75, 3.05) is 0 Å². The van der Waals surface area contributed by atoms with E-state index in [4.69, 9.17) is 37.1 Å². The Morgan fingerprint density at radius 3 is 2.17 bits per heavy atom. The number of hydrogen-bond donors (Lipinski definition) is 1. The standard InChI is InChI=1S/C9H5B4F2NO2/c10-7(11,8(12,13)16)4-1-2-5-6(3-4)18-9(14,15)17-5/h1-3H,16H2. The molecule has 2 N–H and O–H groups in total. The lowest BCUT2D eigenvalue weighted by molar-refractivity contribution is -0.286. The van der Waals surface area contributed by atoms with Gasteiger partial charge in [-0.05, 0) is 12.1 Å². The quantitative estimate of drug-likeness (QED) is 0.705. The van der Waals surface area contributed by atoms with Crippen LogP contribution < -0.4 is 15.2 Å². The Kier molecular flexibility index (Phi) is 2.74. The van der Waals surface area contributed by atoms with E-state index < -0.39 is 16.8 Å².